The lowest BCUT2D eigenvalue weighted by Crippen LogP contribution is -2.38. The lowest BCUT2D eigenvalue weighted by Gasteiger charge is -2.31. The average molecular weight is 420 g/mol. The topological polar surface area (TPSA) is 79.2 Å². The Hall–Kier alpha value is -2.91. The lowest BCUT2D eigenvalue weighted by atomic mass is 9.92. The summed E-state index contributed by atoms with van der Waals surface area (Å²) >= 11 is 0. The molecule has 0 bridgehead atoms. The highest BCUT2D eigenvalue weighted by atomic mass is 19.4. The van der Waals surface area contributed by atoms with E-state index in [9.17, 15) is 18.0 Å². The van der Waals surface area contributed by atoms with Crippen molar-refractivity contribution in [2.45, 2.75) is 51.6 Å². The number of rotatable bonds is 3. The van der Waals surface area contributed by atoms with Crippen LogP contribution in [-0.2, 0) is 6.18 Å². The Morgan fingerprint density at radius 1 is 1.20 bits per heavy atom. The summed E-state index contributed by atoms with van der Waals surface area (Å²) < 4.78 is 41.5. The van der Waals surface area contributed by atoms with E-state index in [0.717, 1.165) is 16.3 Å². The van der Waals surface area contributed by atoms with Crippen molar-refractivity contribution in [2.75, 3.05) is 13.1 Å². The molecule has 1 aliphatic rings. The predicted octanol–water partition coefficient (Wildman–Crippen LogP) is 3.92. The molecule has 0 atom stereocenters. The van der Waals surface area contributed by atoms with Crippen LogP contribution in [0.5, 0.6) is 0 Å². The Balaban J connectivity index is 1.52. The zero-order chi connectivity index (χ0) is 21.6. The maximum atomic E-state index is 13.5. The van der Waals surface area contributed by atoms with E-state index < -0.39 is 11.9 Å². The van der Waals surface area contributed by atoms with Gasteiger partial charge in [-0.3, -0.25) is 9.89 Å². The Labute approximate surface area is 171 Å². The van der Waals surface area contributed by atoms with Crippen LogP contribution in [0.25, 0.3) is 5.65 Å². The number of carbonyl (C=O) groups excluding carboxylic acids is 1. The number of nitrogens with zero attached hydrogens (tertiary/aromatic N) is 5. The van der Waals surface area contributed by atoms with Gasteiger partial charge in [0.2, 0.25) is 0 Å². The minimum atomic E-state index is -4.53. The van der Waals surface area contributed by atoms with Crippen molar-refractivity contribution in [3.63, 3.8) is 0 Å². The number of halogens is 3. The van der Waals surface area contributed by atoms with E-state index in [0.29, 0.717) is 43.0 Å². The first-order valence-electron chi connectivity index (χ1n) is 9.92. The van der Waals surface area contributed by atoms with Crippen molar-refractivity contribution in [1.82, 2.24) is 29.7 Å². The molecule has 0 aromatic carbocycles. The number of likely N-dealkylation sites (tertiary alicyclic amines) is 1. The fraction of sp³-hybridized carbons (Fsp3) is 0.500. The van der Waals surface area contributed by atoms with Gasteiger partial charge < -0.3 is 4.90 Å². The fourth-order valence-corrected chi connectivity index (χ4v) is 3.80. The van der Waals surface area contributed by atoms with Gasteiger partial charge >= 0.3 is 6.18 Å². The molecule has 30 heavy (non-hydrogen) atoms. The van der Waals surface area contributed by atoms with Gasteiger partial charge in [0.25, 0.3) is 5.91 Å². The van der Waals surface area contributed by atoms with Crippen molar-refractivity contribution in [3.8, 4) is 0 Å². The van der Waals surface area contributed by atoms with Gasteiger partial charge in [0.1, 0.15) is 11.4 Å². The third-order valence-corrected chi connectivity index (χ3v) is 5.50. The number of alkyl halides is 3. The first kappa shape index (κ1) is 20.4. The number of piperidine rings is 1. The Morgan fingerprint density at radius 2 is 1.90 bits per heavy atom. The molecule has 4 heterocycles. The first-order valence-corrected chi connectivity index (χ1v) is 9.92. The highest BCUT2D eigenvalue weighted by molar-refractivity contribution is 5.92. The van der Waals surface area contributed by atoms with Crippen LogP contribution in [0.4, 0.5) is 13.2 Å². The highest BCUT2D eigenvalue weighted by Gasteiger charge is 2.36. The fourth-order valence-electron chi connectivity index (χ4n) is 3.80. The standard InChI is InChI=1S/C20H23F3N6O/c1-11(2)14-9-16(26-25-14)19(30)28-6-4-13(5-7-28)15-10-17(20(21,22)23)29-18(24-15)8-12(3)27-29/h8-11,13H,4-7H2,1-3H3,(H,25,26). The summed E-state index contributed by atoms with van der Waals surface area (Å²) in [6.45, 7) is 6.54. The van der Waals surface area contributed by atoms with Crippen LogP contribution < -0.4 is 0 Å². The number of aromatic amines is 1. The molecule has 0 spiro atoms. The monoisotopic (exact) mass is 420 g/mol. The molecule has 1 saturated heterocycles. The van der Waals surface area contributed by atoms with Gasteiger partial charge in [0.15, 0.2) is 5.65 Å². The Bertz CT molecular complexity index is 1080. The van der Waals surface area contributed by atoms with E-state index in [4.69, 9.17) is 0 Å². The van der Waals surface area contributed by atoms with Gasteiger partial charge in [-0.05, 0) is 37.8 Å². The molecule has 0 radical (unpaired) electrons. The van der Waals surface area contributed by atoms with Crippen molar-refractivity contribution >= 4 is 11.6 Å². The van der Waals surface area contributed by atoms with E-state index >= 15 is 0 Å². The number of H-pyrrole nitrogens is 1. The summed E-state index contributed by atoms with van der Waals surface area (Å²) in [5.41, 5.74) is 1.49. The minimum Gasteiger partial charge on any atom is -0.337 e. The van der Waals surface area contributed by atoms with Crippen LogP contribution in [0.2, 0.25) is 0 Å². The smallest absolute Gasteiger partial charge is 0.337 e. The van der Waals surface area contributed by atoms with Crippen molar-refractivity contribution in [3.05, 3.63) is 46.7 Å². The summed E-state index contributed by atoms with van der Waals surface area (Å²) in [7, 11) is 0. The molecule has 3 aromatic heterocycles. The molecule has 160 valence electrons. The van der Waals surface area contributed by atoms with Crippen LogP contribution in [0.3, 0.4) is 0 Å². The number of amides is 1. The molecule has 1 aliphatic heterocycles. The van der Waals surface area contributed by atoms with Crippen LogP contribution in [0.15, 0.2) is 18.2 Å². The quantitative estimate of drug-likeness (QED) is 0.697. The normalized spacial score (nSPS) is 16.0. The van der Waals surface area contributed by atoms with Gasteiger partial charge in [-0.1, -0.05) is 13.8 Å². The van der Waals surface area contributed by atoms with Crippen molar-refractivity contribution in [2.24, 2.45) is 0 Å². The second-order valence-electron chi connectivity index (χ2n) is 8.05. The predicted molar refractivity (Wildman–Crippen MR) is 103 cm³/mol. The van der Waals surface area contributed by atoms with Gasteiger partial charge in [0.05, 0.1) is 5.69 Å². The van der Waals surface area contributed by atoms with E-state index in [-0.39, 0.29) is 23.4 Å². The van der Waals surface area contributed by atoms with Crippen LogP contribution in [-0.4, -0.2) is 48.7 Å². The molecular formula is C20H23F3N6O. The zero-order valence-corrected chi connectivity index (χ0v) is 17.0. The summed E-state index contributed by atoms with van der Waals surface area (Å²) in [6.07, 6.45) is -3.44. The average Bonchev–Trinajstić information content (AvgIpc) is 3.32. The molecule has 0 aliphatic carbocycles. The van der Waals surface area contributed by atoms with E-state index in [1.807, 2.05) is 13.8 Å². The van der Waals surface area contributed by atoms with Gasteiger partial charge in [-0.15, -0.1) is 0 Å². The number of nitrogens with one attached hydrogen (secondary N) is 1. The second kappa shape index (κ2) is 7.41. The third kappa shape index (κ3) is 3.78. The Morgan fingerprint density at radius 3 is 2.50 bits per heavy atom. The van der Waals surface area contributed by atoms with E-state index in [1.54, 1.807) is 24.0 Å². The summed E-state index contributed by atoms with van der Waals surface area (Å²) in [5, 5.41) is 10.9. The maximum absolute atomic E-state index is 13.5. The van der Waals surface area contributed by atoms with Gasteiger partial charge in [-0.2, -0.15) is 23.4 Å². The summed E-state index contributed by atoms with van der Waals surface area (Å²) in [4.78, 5) is 18.8. The molecular weight excluding hydrogens is 397 g/mol. The molecule has 10 heteroatoms. The van der Waals surface area contributed by atoms with Gasteiger partial charge in [0, 0.05) is 36.5 Å². The largest absolute Gasteiger partial charge is 0.433 e. The van der Waals surface area contributed by atoms with Crippen LogP contribution >= 0.6 is 0 Å². The van der Waals surface area contributed by atoms with Crippen LogP contribution in [0, 0.1) is 6.92 Å². The summed E-state index contributed by atoms with van der Waals surface area (Å²) in [6, 6.07) is 4.39. The molecule has 1 N–H and O–H groups in total. The number of hydrogen-bond donors (Lipinski definition) is 1. The van der Waals surface area contributed by atoms with Crippen molar-refractivity contribution < 1.29 is 18.0 Å². The van der Waals surface area contributed by atoms with Crippen LogP contribution in [0.1, 0.15) is 71.8 Å². The zero-order valence-electron chi connectivity index (χ0n) is 17.0. The molecule has 7 nitrogen and oxygen atoms in total. The third-order valence-electron chi connectivity index (χ3n) is 5.50. The molecule has 1 fully saturated rings. The number of carbonyl (C=O) groups is 1. The summed E-state index contributed by atoms with van der Waals surface area (Å²) in [5.74, 6) is -0.0797. The lowest BCUT2D eigenvalue weighted by molar-refractivity contribution is -0.142. The number of hydrogen-bond acceptors (Lipinski definition) is 4. The van der Waals surface area contributed by atoms with E-state index in [2.05, 4.69) is 20.3 Å². The van der Waals surface area contributed by atoms with Gasteiger partial charge in [-0.25, -0.2) is 9.50 Å². The maximum Gasteiger partial charge on any atom is 0.433 e. The molecule has 1 amide bonds. The second-order valence-corrected chi connectivity index (χ2v) is 8.05. The molecule has 0 saturated carbocycles. The minimum absolute atomic E-state index is 0.152. The first-order chi connectivity index (χ1) is 14.1. The number of fused-ring (bicyclic) bond motifs is 1. The van der Waals surface area contributed by atoms with Crippen molar-refractivity contribution in [1.29, 1.82) is 0 Å². The number of aryl methyl sites for hydroxylation is 1. The molecule has 0 unspecified atom stereocenters. The van der Waals surface area contributed by atoms with E-state index in [1.165, 1.54) is 0 Å². The number of aromatic nitrogens is 5. The molecule has 3 aromatic rings. The molecule has 4 rings (SSSR count). The SMILES string of the molecule is Cc1cc2nc(C3CCN(C(=O)c4cc(C(C)C)[nH]n4)CC3)cc(C(F)(F)F)n2n1. The Kier molecular flexibility index (Phi) is 5.03. The highest BCUT2D eigenvalue weighted by Crippen LogP contribution is 2.34.